The number of carbonyl (C=O) groups is 2. The van der Waals surface area contributed by atoms with E-state index in [0.717, 1.165) is 0 Å². The zero-order valence-electron chi connectivity index (χ0n) is 10.6. The maximum Gasteiger partial charge on any atom is 0.292 e. The first kappa shape index (κ1) is 13.8. The second-order valence-electron chi connectivity index (χ2n) is 4.54. The summed E-state index contributed by atoms with van der Waals surface area (Å²) in [6.45, 7) is 0.356. The van der Waals surface area contributed by atoms with Gasteiger partial charge in [0.25, 0.3) is 5.69 Å². The van der Waals surface area contributed by atoms with Crippen LogP contribution in [0.4, 0.5) is 11.4 Å². The van der Waals surface area contributed by atoms with E-state index in [9.17, 15) is 19.7 Å². The van der Waals surface area contributed by atoms with Crippen LogP contribution in [0, 0.1) is 10.1 Å². The number of hydrogen-bond donors (Lipinski definition) is 3. The largest absolute Gasteiger partial charge is 0.377 e. The number of nitro groups is 1. The number of hydrogen-bond acceptors (Lipinski definition) is 5. The summed E-state index contributed by atoms with van der Waals surface area (Å²) in [4.78, 5) is 32.6. The molecule has 20 heavy (non-hydrogen) atoms. The summed E-state index contributed by atoms with van der Waals surface area (Å²) in [5.74, 6) is -0.686. The van der Waals surface area contributed by atoms with E-state index in [0.29, 0.717) is 19.4 Å². The molecule has 0 aliphatic carbocycles. The lowest BCUT2D eigenvalue weighted by Crippen LogP contribution is -2.32. The van der Waals surface area contributed by atoms with Crippen molar-refractivity contribution in [2.24, 2.45) is 5.73 Å². The number of rotatable bonds is 5. The van der Waals surface area contributed by atoms with Gasteiger partial charge in [-0.1, -0.05) is 0 Å². The minimum absolute atomic E-state index is 0.0304. The van der Waals surface area contributed by atoms with E-state index in [-0.39, 0.29) is 28.9 Å². The lowest BCUT2D eigenvalue weighted by atomic mass is 10.1. The highest BCUT2D eigenvalue weighted by atomic mass is 16.6. The van der Waals surface area contributed by atoms with Crippen molar-refractivity contribution < 1.29 is 14.5 Å². The number of carbonyl (C=O) groups excluding carboxylic acids is 2. The van der Waals surface area contributed by atoms with Crippen LogP contribution < -0.4 is 16.4 Å². The van der Waals surface area contributed by atoms with Gasteiger partial charge in [-0.15, -0.1) is 0 Å². The summed E-state index contributed by atoms with van der Waals surface area (Å²) in [6.07, 6.45) is 1.13. The normalized spacial score (nSPS) is 17.6. The molecule has 1 fully saturated rings. The van der Waals surface area contributed by atoms with Gasteiger partial charge in [-0.2, -0.15) is 0 Å². The van der Waals surface area contributed by atoms with Gasteiger partial charge in [0, 0.05) is 30.6 Å². The molecule has 1 aliphatic rings. The lowest BCUT2D eigenvalue weighted by Gasteiger charge is -2.13. The average molecular weight is 278 g/mol. The number of nitrogens with one attached hydrogen (secondary N) is 2. The molecule has 0 spiro atoms. The molecule has 1 aliphatic heterocycles. The molecule has 106 valence electrons. The van der Waals surface area contributed by atoms with Crippen LogP contribution in [0.1, 0.15) is 23.2 Å². The van der Waals surface area contributed by atoms with Crippen LogP contribution in [-0.2, 0) is 4.79 Å². The number of anilines is 1. The molecule has 1 aromatic carbocycles. The van der Waals surface area contributed by atoms with Crippen molar-refractivity contribution >= 4 is 23.2 Å². The Morgan fingerprint density at radius 1 is 1.55 bits per heavy atom. The molecule has 1 aromatic rings. The van der Waals surface area contributed by atoms with Gasteiger partial charge in [0.1, 0.15) is 5.69 Å². The predicted molar refractivity (Wildman–Crippen MR) is 71.3 cm³/mol. The van der Waals surface area contributed by atoms with Crippen molar-refractivity contribution in [1.29, 1.82) is 0 Å². The molecule has 8 nitrogen and oxygen atoms in total. The van der Waals surface area contributed by atoms with Crippen LogP contribution in [0.3, 0.4) is 0 Å². The number of nitrogens with two attached hydrogens (primary N) is 1. The van der Waals surface area contributed by atoms with E-state index >= 15 is 0 Å². The summed E-state index contributed by atoms with van der Waals surface area (Å²) in [7, 11) is 0. The zero-order valence-corrected chi connectivity index (χ0v) is 10.6. The van der Waals surface area contributed by atoms with Crippen molar-refractivity contribution in [1.82, 2.24) is 5.32 Å². The van der Waals surface area contributed by atoms with Crippen LogP contribution in [0.2, 0.25) is 0 Å². The van der Waals surface area contributed by atoms with Crippen LogP contribution in [0.5, 0.6) is 0 Å². The van der Waals surface area contributed by atoms with Crippen molar-refractivity contribution in [3.63, 3.8) is 0 Å². The fraction of sp³-hybridized carbons (Fsp3) is 0.333. The average Bonchev–Trinajstić information content (AvgIpc) is 2.81. The predicted octanol–water partition coefficient (Wildman–Crippen LogP) is 0.384. The second kappa shape index (κ2) is 5.55. The highest BCUT2D eigenvalue weighted by molar-refractivity contribution is 5.94. The van der Waals surface area contributed by atoms with Crippen molar-refractivity contribution in [2.45, 2.75) is 18.9 Å². The third kappa shape index (κ3) is 3.02. The zero-order chi connectivity index (χ0) is 14.7. The van der Waals surface area contributed by atoms with Crippen molar-refractivity contribution in [2.75, 3.05) is 11.9 Å². The molecule has 1 unspecified atom stereocenters. The number of benzene rings is 1. The minimum atomic E-state index is -0.655. The molecule has 0 saturated carbocycles. The van der Waals surface area contributed by atoms with Crippen LogP contribution >= 0.6 is 0 Å². The Hall–Kier alpha value is -2.64. The molecule has 4 N–H and O–H groups in total. The summed E-state index contributed by atoms with van der Waals surface area (Å²) in [5, 5.41) is 16.6. The topological polar surface area (TPSA) is 127 Å². The van der Waals surface area contributed by atoms with E-state index in [2.05, 4.69) is 10.6 Å². The molecule has 1 heterocycles. The summed E-state index contributed by atoms with van der Waals surface area (Å²) in [5.41, 5.74) is 5.42. The molecule has 2 amide bonds. The first-order valence-corrected chi connectivity index (χ1v) is 6.09. The summed E-state index contributed by atoms with van der Waals surface area (Å²) >= 11 is 0. The monoisotopic (exact) mass is 278 g/mol. The van der Waals surface area contributed by atoms with E-state index in [4.69, 9.17) is 5.73 Å². The molecule has 2 rings (SSSR count). The maximum absolute atomic E-state index is 11.1. The SMILES string of the molecule is NC(=O)c1ccc([N+](=O)[O-])c(NCC2CCC(=O)N2)c1. The van der Waals surface area contributed by atoms with Crippen molar-refractivity contribution in [3.05, 3.63) is 33.9 Å². The number of primary amides is 1. The molecular formula is C12H14N4O4. The Bertz CT molecular complexity index is 573. The van der Waals surface area contributed by atoms with Gasteiger partial charge in [-0.05, 0) is 18.6 Å². The Kier molecular flexibility index (Phi) is 3.83. The molecule has 1 atom stereocenters. The van der Waals surface area contributed by atoms with Crippen LogP contribution in [0.25, 0.3) is 0 Å². The van der Waals surface area contributed by atoms with E-state index in [1.807, 2.05) is 0 Å². The van der Waals surface area contributed by atoms with E-state index < -0.39 is 10.8 Å². The van der Waals surface area contributed by atoms with Gasteiger partial charge in [0.2, 0.25) is 11.8 Å². The molecule has 0 radical (unpaired) electrons. The first-order valence-electron chi connectivity index (χ1n) is 6.09. The number of nitrogens with zero attached hydrogens (tertiary/aromatic N) is 1. The van der Waals surface area contributed by atoms with Gasteiger partial charge in [-0.25, -0.2) is 0 Å². The number of amides is 2. The molecule has 8 heteroatoms. The van der Waals surface area contributed by atoms with Gasteiger partial charge in [-0.3, -0.25) is 19.7 Å². The Labute approximate surface area is 114 Å². The second-order valence-corrected chi connectivity index (χ2v) is 4.54. The molecule has 0 bridgehead atoms. The fourth-order valence-electron chi connectivity index (χ4n) is 2.05. The smallest absolute Gasteiger partial charge is 0.292 e. The quantitative estimate of drug-likeness (QED) is 0.530. The Morgan fingerprint density at radius 2 is 2.30 bits per heavy atom. The molecular weight excluding hydrogens is 264 g/mol. The van der Waals surface area contributed by atoms with Gasteiger partial charge in [0.15, 0.2) is 0 Å². The van der Waals surface area contributed by atoms with Crippen LogP contribution in [-0.4, -0.2) is 29.3 Å². The highest BCUT2D eigenvalue weighted by Crippen LogP contribution is 2.25. The van der Waals surface area contributed by atoms with Crippen molar-refractivity contribution in [3.8, 4) is 0 Å². The van der Waals surface area contributed by atoms with E-state index in [1.54, 1.807) is 0 Å². The number of nitro benzene ring substituents is 1. The Morgan fingerprint density at radius 3 is 2.85 bits per heavy atom. The standard InChI is InChI=1S/C12H14N4O4/c13-12(18)7-1-3-10(16(19)20)9(5-7)14-6-8-2-4-11(17)15-8/h1,3,5,8,14H,2,4,6H2,(H2,13,18)(H,15,17). The lowest BCUT2D eigenvalue weighted by molar-refractivity contribution is -0.384. The molecule has 0 aromatic heterocycles. The minimum Gasteiger partial charge on any atom is -0.377 e. The highest BCUT2D eigenvalue weighted by Gasteiger charge is 2.22. The fourth-order valence-corrected chi connectivity index (χ4v) is 2.05. The summed E-state index contributed by atoms with van der Waals surface area (Å²) < 4.78 is 0. The van der Waals surface area contributed by atoms with Crippen LogP contribution in [0.15, 0.2) is 18.2 Å². The third-order valence-electron chi connectivity index (χ3n) is 3.10. The summed E-state index contributed by atoms with van der Waals surface area (Å²) in [6, 6.07) is 3.81. The Balaban J connectivity index is 2.15. The maximum atomic E-state index is 11.1. The first-order chi connectivity index (χ1) is 9.47. The van der Waals surface area contributed by atoms with E-state index in [1.165, 1.54) is 18.2 Å². The van der Waals surface area contributed by atoms with Gasteiger partial charge < -0.3 is 16.4 Å². The van der Waals surface area contributed by atoms with Gasteiger partial charge >= 0.3 is 0 Å². The third-order valence-corrected chi connectivity index (χ3v) is 3.10. The van der Waals surface area contributed by atoms with Gasteiger partial charge in [0.05, 0.1) is 4.92 Å². The molecule has 1 saturated heterocycles.